The molecule has 25 heavy (non-hydrogen) atoms. The lowest BCUT2D eigenvalue weighted by molar-refractivity contribution is -0.131. The summed E-state index contributed by atoms with van der Waals surface area (Å²) < 4.78 is 5.29. The number of amides is 3. The number of carbonyl (C=O) groups excluding carboxylic acids is 2. The summed E-state index contributed by atoms with van der Waals surface area (Å²) in [5, 5.41) is 12.3. The first-order chi connectivity index (χ1) is 12.0. The van der Waals surface area contributed by atoms with Crippen molar-refractivity contribution in [2.75, 3.05) is 0 Å². The van der Waals surface area contributed by atoms with Crippen LogP contribution in [-0.2, 0) is 16.9 Å². The van der Waals surface area contributed by atoms with E-state index in [4.69, 9.17) is 4.42 Å². The number of urea groups is 1. The number of hydrogen-bond donors (Lipinski definition) is 1. The van der Waals surface area contributed by atoms with Crippen molar-refractivity contribution in [3.8, 4) is 0 Å². The number of carbonyl (C=O) groups is 2. The standard InChI is InChI=1S/C18H16N4O3/c1-11-20-21-15(25-11)10-22-16(23)18(2,19-17(22)24)14-9-5-7-12-6-3-4-8-13(12)14/h3-9H,10H2,1-2H3,(H,19,24)/t18-/m0/s1. The van der Waals surface area contributed by atoms with E-state index < -0.39 is 11.6 Å². The molecule has 0 aliphatic carbocycles. The van der Waals surface area contributed by atoms with Gasteiger partial charge < -0.3 is 9.73 Å². The minimum Gasteiger partial charge on any atom is -0.424 e. The molecule has 0 spiro atoms. The number of aryl methyl sites for hydroxylation is 1. The second-order valence-corrected chi connectivity index (χ2v) is 6.19. The zero-order chi connectivity index (χ0) is 17.6. The topological polar surface area (TPSA) is 88.3 Å². The summed E-state index contributed by atoms with van der Waals surface area (Å²) >= 11 is 0. The highest BCUT2D eigenvalue weighted by atomic mass is 16.4. The van der Waals surface area contributed by atoms with Gasteiger partial charge in [0, 0.05) is 6.92 Å². The molecule has 1 aliphatic rings. The van der Waals surface area contributed by atoms with Crippen LogP contribution in [0.25, 0.3) is 10.8 Å². The molecule has 1 aromatic heterocycles. The third kappa shape index (κ3) is 2.36. The van der Waals surface area contributed by atoms with Gasteiger partial charge in [-0.1, -0.05) is 42.5 Å². The molecule has 1 aliphatic heterocycles. The van der Waals surface area contributed by atoms with Crippen LogP contribution < -0.4 is 5.32 Å². The fraction of sp³-hybridized carbons (Fsp3) is 0.222. The molecule has 1 atom stereocenters. The average molecular weight is 336 g/mol. The van der Waals surface area contributed by atoms with E-state index in [0.29, 0.717) is 5.89 Å². The van der Waals surface area contributed by atoms with Crippen molar-refractivity contribution in [2.24, 2.45) is 0 Å². The van der Waals surface area contributed by atoms with Gasteiger partial charge in [-0.2, -0.15) is 0 Å². The van der Waals surface area contributed by atoms with Crippen LogP contribution in [0.2, 0.25) is 0 Å². The molecule has 3 amide bonds. The number of aromatic nitrogens is 2. The van der Waals surface area contributed by atoms with Crippen LogP contribution in [0.1, 0.15) is 24.3 Å². The largest absolute Gasteiger partial charge is 0.424 e. The van der Waals surface area contributed by atoms with E-state index in [-0.39, 0.29) is 18.3 Å². The third-order valence-corrected chi connectivity index (χ3v) is 4.46. The normalized spacial score (nSPS) is 20.3. The molecular weight excluding hydrogens is 320 g/mol. The minimum atomic E-state index is -1.15. The highest BCUT2D eigenvalue weighted by molar-refractivity contribution is 6.09. The Bertz CT molecular complexity index is 991. The van der Waals surface area contributed by atoms with E-state index >= 15 is 0 Å². The Labute approximate surface area is 143 Å². The van der Waals surface area contributed by atoms with Crippen LogP contribution in [0.4, 0.5) is 4.79 Å². The Balaban J connectivity index is 1.74. The van der Waals surface area contributed by atoms with Gasteiger partial charge in [-0.25, -0.2) is 4.79 Å². The third-order valence-electron chi connectivity index (χ3n) is 4.46. The highest BCUT2D eigenvalue weighted by Crippen LogP contribution is 2.34. The van der Waals surface area contributed by atoms with E-state index in [9.17, 15) is 9.59 Å². The number of imide groups is 1. The lowest BCUT2D eigenvalue weighted by Crippen LogP contribution is -2.41. The number of nitrogens with zero attached hydrogens (tertiary/aromatic N) is 3. The van der Waals surface area contributed by atoms with Gasteiger partial charge in [0.05, 0.1) is 0 Å². The van der Waals surface area contributed by atoms with Gasteiger partial charge in [0.1, 0.15) is 12.1 Å². The van der Waals surface area contributed by atoms with E-state index in [1.54, 1.807) is 13.8 Å². The van der Waals surface area contributed by atoms with E-state index in [1.165, 1.54) is 0 Å². The molecule has 4 rings (SSSR count). The molecule has 7 nitrogen and oxygen atoms in total. The first-order valence-corrected chi connectivity index (χ1v) is 7.90. The zero-order valence-corrected chi connectivity index (χ0v) is 13.8. The van der Waals surface area contributed by atoms with Crippen molar-refractivity contribution in [2.45, 2.75) is 25.9 Å². The highest BCUT2D eigenvalue weighted by Gasteiger charge is 2.50. The molecule has 0 bridgehead atoms. The molecule has 1 N–H and O–H groups in total. The smallest absolute Gasteiger partial charge is 0.325 e. The molecule has 3 aromatic rings. The lowest BCUT2D eigenvalue weighted by Gasteiger charge is -2.23. The maximum atomic E-state index is 13.0. The summed E-state index contributed by atoms with van der Waals surface area (Å²) in [6.45, 7) is 3.32. The van der Waals surface area contributed by atoms with E-state index in [0.717, 1.165) is 21.2 Å². The van der Waals surface area contributed by atoms with Gasteiger partial charge in [0.15, 0.2) is 0 Å². The molecule has 2 heterocycles. The summed E-state index contributed by atoms with van der Waals surface area (Å²) in [6.07, 6.45) is 0. The second-order valence-electron chi connectivity index (χ2n) is 6.19. The second kappa shape index (κ2) is 5.41. The van der Waals surface area contributed by atoms with Crippen molar-refractivity contribution in [3.05, 3.63) is 59.8 Å². The SMILES string of the molecule is Cc1nnc(CN2C(=O)N[C@@](C)(c3cccc4ccccc34)C2=O)o1. The lowest BCUT2D eigenvalue weighted by atomic mass is 9.88. The first-order valence-electron chi connectivity index (χ1n) is 7.90. The first kappa shape index (κ1) is 15.3. The van der Waals surface area contributed by atoms with Crippen molar-refractivity contribution in [1.29, 1.82) is 0 Å². The molecule has 126 valence electrons. The molecular formula is C18H16N4O3. The van der Waals surface area contributed by atoms with Crippen LogP contribution in [0.5, 0.6) is 0 Å². The van der Waals surface area contributed by atoms with Crippen molar-refractivity contribution in [3.63, 3.8) is 0 Å². The Morgan fingerprint density at radius 3 is 2.64 bits per heavy atom. The summed E-state index contributed by atoms with van der Waals surface area (Å²) in [5.41, 5.74) is -0.388. The molecule has 1 saturated heterocycles. The van der Waals surface area contributed by atoms with Gasteiger partial charge in [-0.3, -0.25) is 9.69 Å². The zero-order valence-electron chi connectivity index (χ0n) is 13.8. The monoisotopic (exact) mass is 336 g/mol. The molecule has 0 unspecified atom stereocenters. The number of nitrogens with one attached hydrogen (secondary N) is 1. The van der Waals surface area contributed by atoms with Crippen LogP contribution >= 0.6 is 0 Å². The predicted molar refractivity (Wildman–Crippen MR) is 89.4 cm³/mol. The Hall–Kier alpha value is -3.22. The average Bonchev–Trinajstić information content (AvgIpc) is 3.11. The van der Waals surface area contributed by atoms with Gasteiger partial charge in [0.25, 0.3) is 5.91 Å². The minimum absolute atomic E-state index is 0.0497. The van der Waals surface area contributed by atoms with Gasteiger partial charge in [0.2, 0.25) is 11.8 Å². The quantitative estimate of drug-likeness (QED) is 0.742. The Morgan fingerprint density at radius 1 is 1.12 bits per heavy atom. The summed E-state index contributed by atoms with van der Waals surface area (Å²) in [5.74, 6) is 0.270. The maximum absolute atomic E-state index is 13.0. The molecule has 0 saturated carbocycles. The summed E-state index contributed by atoms with van der Waals surface area (Å²) in [6, 6.07) is 13.0. The van der Waals surface area contributed by atoms with Crippen molar-refractivity contribution >= 4 is 22.7 Å². The maximum Gasteiger partial charge on any atom is 0.325 e. The van der Waals surface area contributed by atoms with E-state index in [1.807, 2.05) is 42.5 Å². The van der Waals surface area contributed by atoms with Crippen LogP contribution in [-0.4, -0.2) is 27.0 Å². The van der Waals surface area contributed by atoms with Crippen molar-refractivity contribution in [1.82, 2.24) is 20.4 Å². The van der Waals surface area contributed by atoms with Crippen LogP contribution in [0.3, 0.4) is 0 Å². The number of hydrogen-bond acceptors (Lipinski definition) is 5. The van der Waals surface area contributed by atoms with Gasteiger partial charge >= 0.3 is 6.03 Å². The molecule has 0 radical (unpaired) electrons. The van der Waals surface area contributed by atoms with Crippen LogP contribution in [0.15, 0.2) is 46.9 Å². The summed E-state index contributed by atoms with van der Waals surface area (Å²) in [7, 11) is 0. The van der Waals surface area contributed by atoms with E-state index in [2.05, 4.69) is 15.5 Å². The van der Waals surface area contributed by atoms with Gasteiger partial charge in [-0.15, -0.1) is 10.2 Å². The number of fused-ring (bicyclic) bond motifs is 1. The fourth-order valence-electron chi connectivity index (χ4n) is 3.22. The fourth-order valence-corrected chi connectivity index (χ4v) is 3.22. The molecule has 2 aromatic carbocycles. The van der Waals surface area contributed by atoms with Crippen LogP contribution in [0, 0.1) is 6.92 Å². The van der Waals surface area contributed by atoms with Crippen molar-refractivity contribution < 1.29 is 14.0 Å². The molecule has 7 heteroatoms. The number of rotatable bonds is 3. The Kier molecular flexibility index (Phi) is 3.31. The Morgan fingerprint density at radius 2 is 1.88 bits per heavy atom. The summed E-state index contributed by atoms with van der Waals surface area (Å²) in [4.78, 5) is 26.6. The predicted octanol–water partition coefficient (Wildman–Crippen LogP) is 2.50. The number of benzene rings is 2. The van der Waals surface area contributed by atoms with Gasteiger partial charge in [-0.05, 0) is 23.3 Å². The molecule has 1 fully saturated rings.